The lowest BCUT2D eigenvalue weighted by atomic mass is 10.2. The van der Waals surface area contributed by atoms with Crippen LogP contribution < -0.4 is 15.5 Å². The van der Waals surface area contributed by atoms with Crippen molar-refractivity contribution in [1.82, 2.24) is 19.9 Å². The molecule has 7 heteroatoms. The Kier molecular flexibility index (Phi) is 5.80. The Morgan fingerprint density at radius 3 is 2.20 bits per heavy atom. The van der Waals surface area contributed by atoms with E-state index >= 15 is 0 Å². The number of hydrogen-bond donors (Lipinski definition) is 2. The van der Waals surface area contributed by atoms with Crippen LogP contribution in [0.2, 0.25) is 0 Å². The van der Waals surface area contributed by atoms with E-state index in [0.29, 0.717) is 11.9 Å². The SMILES string of the molecule is Cc1cccc(Nc2ncnc(Nc3cccc(CN(C)c4ccncc4)c3)n2)c1. The van der Waals surface area contributed by atoms with Gasteiger partial charge in [0.15, 0.2) is 0 Å². The fourth-order valence-electron chi connectivity index (χ4n) is 3.11. The zero-order valence-corrected chi connectivity index (χ0v) is 16.9. The molecule has 0 bridgehead atoms. The van der Waals surface area contributed by atoms with E-state index in [0.717, 1.165) is 23.6 Å². The third-order valence-electron chi connectivity index (χ3n) is 4.55. The van der Waals surface area contributed by atoms with Crippen LogP contribution in [0.25, 0.3) is 0 Å². The van der Waals surface area contributed by atoms with Crippen molar-refractivity contribution in [3.05, 3.63) is 90.5 Å². The number of pyridine rings is 1. The predicted molar refractivity (Wildman–Crippen MR) is 120 cm³/mol. The van der Waals surface area contributed by atoms with E-state index in [9.17, 15) is 0 Å². The lowest BCUT2D eigenvalue weighted by molar-refractivity contribution is 0.921. The second kappa shape index (κ2) is 9.00. The van der Waals surface area contributed by atoms with Crippen molar-refractivity contribution in [1.29, 1.82) is 0 Å². The Morgan fingerprint density at radius 1 is 0.833 bits per heavy atom. The Labute approximate surface area is 175 Å². The van der Waals surface area contributed by atoms with E-state index in [1.54, 1.807) is 12.4 Å². The van der Waals surface area contributed by atoms with Gasteiger partial charge in [0.1, 0.15) is 6.33 Å². The van der Waals surface area contributed by atoms with Gasteiger partial charge in [-0.15, -0.1) is 0 Å². The summed E-state index contributed by atoms with van der Waals surface area (Å²) in [5.41, 5.74) is 5.32. The molecule has 0 unspecified atom stereocenters. The van der Waals surface area contributed by atoms with Crippen LogP contribution in [0.3, 0.4) is 0 Å². The molecule has 0 saturated carbocycles. The number of anilines is 5. The maximum Gasteiger partial charge on any atom is 0.232 e. The van der Waals surface area contributed by atoms with Crippen LogP contribution in [0.5, 0.6) is 0 Å². The van der Waals surface area contributed by atoms with Gasteiger partial charge in [0.05, 0.1) is 0 Å². The summed E-state index contributed by atoms with van der Waals surface area (Å²) in [4.78, 5) is 19.2. The first-order valence-electron chi connectivity index (χ1n) is 9.65. The molecule has 30 heavy (non-hydrogen) atoms. The number of aryl methyl sites for hydroxylation is 1. The lowest BCUT2D eigenvalue weighted by Gasteiger charge is -2.19. The van der Waals surface area contributed by atoms with Crippen LogP contribution in [0.1, 0.15) is 11.1 Å². The van der Waals surface area contributed by atoms with Gasteiger partial charge >= 0.3 is 0 Å². The molecular weight excluding hydrogens is 374 g/mol. The second-order valence-electron chi connectivity index (χ2n) is 7.01. The van der Waals surface area contributed by atoms with Crippen molar-refractivity contribution in [3.8, 4) is 0 Å². The first-order chi connectivity index (χ1) is 14.7. The Morgan fingerprint density at radius 2 is 1.50 bits per heavy atom. The van der Waals surface area contributed by atoms with Gasteiger partial charge in [0, 0.05) is 43.0 Å². The number of aromatic nitrogens is 4. The smallest absolute Gasteiger partial charge is 0.232 e. The Balaban J connectivity index is 1.45. The fourth-order valence-corrected chi connectivity index (χ4v) is 3.11. The summed E-state index contributed by atoms with van der Waals surface area (Å²) in [6, 6.07) is 20.3. The zero-order valence-electron chi connectivity index (χ0n) is 16.9. The summed E-state index contributed by atoms with van der Waals surface area (Å²) in [5, 5.41) is 6.48. The molecule has 2 heterocycles. The monoisotopic (exact) mass is 397 g/mol. The predicted octanol–water partition coefficient (Wildman–Crippen LogP) is 4.70. The number of rotatable bonds is 7. The van der Waals surface area contributed by atoms with Gasteiger partial charge in [0.2, 0.25) is 11.9 Å². The minimum atomic E-state index is 0.486. The topological polar surface area (TPSA) is 78.9 Å². The molecule has 0 fully saturated rings. The van der Waals surface area contributed by atoms with E-state index in [4.69, 9.17) is 0 Å². The van der Waals surface area contributed by atoms with Gasteiger partial charge in [0.25, 0.3) is 0 Å². The van der Waals surface area contributed by atoms with Crippen LogP contribution in [-0.4, -0.2) is 27.0 Å². The van der Waals surface area contributed by atoms with Gasteiger partial charge in [-0.05, 0) is 54.4 Å². The molecule has 0 spiro atoms. The normalized spacial score (nSPS) is 10.5. The third-order valence-corrected chi connectivity index (χ3v) is 4.55. The molecule has 0 aliphatic carbocycles. The molecule has 0 atom stereocenters. The highest BCUT2D eigenvalue weighted by molar-refractivity contribution is 5.58. The molecule has 0 aliphatic heterocycles. The van der Waals surface area contributed by atoms with E-state index in [2.05, 4.69) is 54.6 Å². The molecule has 2 aromatic carbocycles. The number of nitrogens with one attached hydrogen (secondary N) is 2. The van der Waals surface area contributed by atoms with Crippen LogP contribution in [-0.2, 0) is 6.54 Å². The highest BCUT2D eigenvalue weighted by atomic mass is 15.2. The molecular formula is C23H23N7. The molecule has 7 nitrogen and oxygen atoms in total. The summed E-state index contributed by atoms with van der Waals surface area (Å²) in [5.74, 6) is 0.978. The number of hydrogen-bond acceptors (Lipinski definition) is 7. The first kappa shape index (κ1) is 19.3. The maximum absolute atomic E-state index is 4.47. The van der Waals surface area contributed by atoms with Crippen molar-refractivity contribution in [2.75, 3.05) is 22.6 Å². The summed E-state index contributed by atoms with van der Waals surface area (Å²) < 4.78 is 0. The van der Waals surface area contributed by atoms with Gasteiger partial charge in [-0.1, -0.05) is 24.3 Å². The minimum absolute atomic E-state index is 0.486. The van der Waals surface area contributed by atoms with Gasteiger partial charge in [-0.3, -0.25) is 4.98 Å². The Bertz CT molecular complexity index is 1120. The lowest BCUT2D eigenvalue weighted by Crippen LogP contribution is -2.16. The molecule has 4 aromatic rings. The van der Waals surface area contributed by atoms with Crippen LogP contribution in [0, 0.1) is 6.92 Å². The highest BCUT2D eigenvalue weighted by Gasteiger charge is 2.05. The van der Waals surface area contributed by atoms with Crippen molar-refractivity contribution in [3.63, 3.8) is 0 Å². The van der Waals surface area contributed by atoms with Crippen molar-refractivity contribution in [2.45, 2.75) is 13.5 Å². The van der Waals surface area contributed by atoms with Gasteiger partial charge in [-0.2, -0.15) is 4.98 Å². The Hall–Kier alpha value is -4.00. The van der Waals surface area contributed by atoms with Crippen molar-refractivity contribution in [2.24, 2.45) is 0 Å². The average molecular weight is 397 g/mol. The standard InChI is InChI=1S/C23H23N7/c1-17-5-3-7-19(13-17)27-22-25-16-26-23(29-22)28-20-8-4-6-18(14-20)15-30(2)21-9-11-24-12-10-21/h3-14,16H,15H2,1-2H3,(H2,25,26,27,28,29). The fraction of sp³-hybridized carbons (Fsp3) is 0.130. The second-order valence-corrected chi connectivity index (χ2v) is 7.01. The number of nitrogens with zero attached hydrogens (tertiary/aromatic N) is 5. The van der Waals surface area contributed by atoms with E-state index in [-0.39, 0.29) is 0 Å². The minimum Gasteiger partial charge on any atom is -0.370 e. The summed E-state index contributed by atoms with van der Waals surface area (Å²) in [6.07, 6.45) is 5.09. The molecule has 0 radical (unpaired) electrons. The zero-order chi connectivity index (χ0) is 20.8. The maximum atomic E-state index is 4.47. The van der Waals surface area contributed by atoms with E-state index < -0.39 is 0 Å². The van der Waals surface area contributed by atoms with E-state index in [1.165, 1.54) is 17.5 Å². The highest BCUT2D eigenvalue weighted by Crippen LogP contribution is 2.20. The van der Waals surface area contributed by atoms with Gasteiger partial charge in [-0.25, -0.2) is 9.97 Å². The molecule has 4 rings (SSSR count). The van der Waals surface area contributed by atoms with Crippen molar-refractivity contribution < 1.29 is 0 Å². The molecule has 0 saturated heterocycles. The molecule has 2 aromatic heterocycles. The third kappa shape index (κ3) is 5.08. The molecule has 150 valence electrons. The van der Waals surface area contributed by atoms with E-state index in [1.807, 2.05) is 55.5 Å². The number of benzene rings is 2. The summed E-state index contributed by atoms with van der Waals surface area (Å²) >= 11 is 0. The quantitative estimate of drug-likeness (QED) is 0.468. The average Bonchev–Trinajstić information content (AvgIpc) is 2.75. The van der Waals surface area contributed by atoms with Crippen LogP contribution in [0.15, 0.2) is 79.4 Å². The molecule has 2 N–H and O–H groups in total. The summed E-state index contributed by atoms with van der Waals surface area (Å²) in [6.45, 7) is 2.82. The molecule has 0 amide bonds. The first-order valence-corrected chi connectivity index (χ1v) is 9.65. The molecule has 0 aliphatic rings. The summed E-state index contributed by atoms with van der Waals surface area (Å²) in [7, 11) is 2.06. The van der Waals surface area contributed by atoms with Gasteiger partial charge < -0.3 is 15.5 Å². The van der Waals surface area contributed by atoms with Crippen LogP contribution in [0.4, 0.5) is 29.0 Å². The van der Waals surface area contributed by atoms with Crippen LogP contribution >= 0.6 is 0 Å². The van der Waals surface area contributed by atoms with Crippen molar-refractivity contribution >= 4 is 29.0 Å². The largest absolute Gasteiger partial charge is 0.370 e.